The molecular formula is C103H64N14S3. The Morgan fingerprint density at radius 2 is 0.517 bits per heavy atom. The molecule has 0 unspecified atom stereocenters. The molecule has 0 aliphatic rings. The van der Waals surface area contributed by atoms with E-state index in [4.69, 9.17) is 24.9 Å². The monoisotopic (exact) mass is 1590 g/mol. The predicted molar refractivity (Wildman–Crippen MR) is 493 cm³/mol. The highest BCUT2D eigenvalue weighted by Gasteiger charge is 2.25. The van der Waals surface area contributed by atoms with Crippen LogP contribution in [-0.2, 0) is 0 Å². The van der Waals surface area contributed by atoms with Crippen LogP contribution in [0, 0.1) is 0 Å². The molecule has 0 N–H and O–H groups in total. The molecule has 0 aliphatic heterocycles. The van der Waals surface area contributed by atoms with Crippen molar-refractivity contribution in [3.63, 3.8) is 0 Å². The van der Waals surface area contributed by atoms with E-state index in [9.17, 15) is 0 Å². The lowest BCUT2D eigenvalue weighted by Gasteiger charge is -2.12. The van der Waals surface area contributed by atoms with Gasteiger partial charge in [0, 0.05) is 169 Å². The summed E-state index contributed by atoms with van der Waals surface area (Å²) in [7, 11) is 0. The molecule has 15 aromatic heterocycles. The van der Waals surface area contributed by atoms with Crippen molar-refractivity contribution in [1.29, 1.82) is 0 Å². The second-order valence-corrected chi connectivity index (χ2v) is 32.2. The van der Waals surface area contributed by atoms with Crippen LogP contribution in [-0.4, -0.2) is 68.5 Å². The van der Waals surface area contributed by atoms with Gasteiger partial charge in [-0.15, -0.1) is 34.0 Å². The van der Waals surface area contributed by atoms with Gasteiger partial charge in [-0.05, 0) is 190 Å². The van der Waals surface area contributed by atoms with Gasteiger partial charge in [-0.2, -0.15) is 0 Å². The molecule has 14 nitrogen and oxygen atoms in total. The molecule has 0 bridgehead atoms. The normalized spacial score (nSPS) is 11.5. The topological polar surface area (TPSA) is 157 Å². The highest BCUT2D eigenvalue weighted by atomic mass is 32.1. The molecule has 0 spiro atoms. The number of hydrogen-bond acceptors (Lipinski definition) is 14. The Kier molecular flexibility index (Phi) is 18.1. The van der Waals surface area contributed by atoms with Crippen LogP contribution in [0.25, 0.3) is 212 Å². The minimum Gasteiger partial charge on any atom is -0.294 e. The van der Waals surface area contributed by atoms with E-state index in [-0.39, 0.29) is 0 Å². The first kappa shape index (κ1) is 71.0. The summed E-state index contributed by atoms with van der Waals surface area (Å²) in [6.45, 7) is 0. The third-order valence-electron chi connectivity index (χ3n) is 21.9. The molecule has 15 heterocycles. The van der Waals surface area contributed by atoms with Crippen molar-refractivity contribution in [3.05, 3.63) is 390 Å². The molecule has 17 heteroatoms. The molecule has 0 saturated carbocycles. The van der Waals surface area contributed by atoms with Gasteiger partial charge in [0.2, 0.25) is 5.95 Å². The van der Waals surface area contributed by atoms with E-state index >= 15 is 0 Å². The summed E-state index contributed by atoms with van der Waals surface area (Å²) in [6.07, 6.45) is 21.6. The Balaban J connectivity index is 0.000000108. The third-order valence-corrected chi connectivity index (χ3v) is 25.5. The Morgan fingerprint density at radius 1 is 0.200 bits per heavy atom. The number of para-hydroxylation sites is 3. The van der Waals surface area contributed by atoms with Crippen LogP contribution in [0.15, 0.2) is 390 Å². The number of pyridine rings is 7. The van der Waals surface area contributed by atoms with Gasteiger partial charge in [0.05, 0.1) is 55.9 Å². The highest BCUT2D eigenvalue weighted by molar-refractivity contribution is 7.24. The van der Waals surface area contributed by atoms with Crippen LogP contribution >= 0.6 is 34.0 Å². The van der Waals surface area contributed by atoms with Crippen molar-refractivity contribution >= 4 is 130 Å². The van der Waals surface area contributed by atoms with Gasteiger partial charge in [0.25, 0.3) is 0 Å². The first-order valence-corrected chi connectivity index (χ1v) is 41.7. The Hall–Kier alpha value is -15.5. The molecule has 24 rings (SSSR count). The van der Waals surface area contributed by atoms with E-state index in [2.05, 4.69) is 280 Å². The summed E-state index contributed by atoms with van der Waals surface area (Å²) in [6, 6.07) is 110. The molecular weight excluding hydrogens is 1530 g/mol. The average Bonchev–Trinajstić information content (AvgIpc) is 1.58. The van der Waals surface area contributed by atoms with Crippen molar-refractivity contribution < 1.29 is 0 Å². The van der Waals surface area contributed by atoms with Crippen LogP contribution in [0.5, 0.6) is 0 Å². The van der Waals surface area contributed by atoms with Crippen LogP contribution in [0.3, 0.4) is 0 Å². The lowest BCUT2D eigenvalue weighted by molar-refractivity contribution is 0.995. The first-order chi connectivity index (χ1) is 59.5. The van der Waals surface area contributed by atoms with Crippen LogP contribution < -0.4 is 0 Å². The molecule has 564 valence electrons. The Bertz CT molecular complexity index is 7020. The first-order valence-electron chi connectivity index (χ1n) is 39.3. The zero-order chi connectivity index (χ0) is 79.4. The van der Waals surface area contributed by atoms with E-state index in [1.54, 1.807) is 49.6 Å². The lowest BCUT2D eigenvalue weighted by Crippen LogP contribution is -2.04. The van der Waals surface area contributed by atoms with Gasteiger partial charge in [-0.1, -0.05) is 164 Å². The van der Waals surface area contributed by atoms with E-state index < -0.39 is 0 Å². The lowest BCUT2D eigenvalue weighted by atomic mass is 10.0. The van der Waals surface area contributed by atoms with Gasteiger partial charge in [-0.25, -0.2) is 24.9 Å². The van der Waals surface area contributed by atoms with Gasteiger partial charge in [-0.3, -0.25) is 43.6 Å². The van der Waals surface area contributed by atoms with E-state index in [1.807, 2.05) is 138 Å². The SMILES string of the molecule is c1ccc(-c2cc3ccc4c(c5ccccc5n4-c4cc(-c5ccncc5)cc(-c5ccncc5)n4)c3s2)cc1.c1ccc(-c2cc3ccc4c(c5ccccc5n4-c4cc(-c5ccncc5)nc(-c5ccncc5)n4)c3s2)cc1.c1ccc(-c2cc3ccc4c(c5ccccc5n4-c4nc(-c5ccncc5)cc(-c5ccncc5)n4)c3s2)cc1. The standard InChI is InChI=1S/C35H22N4S.2C34H21N5S/c1-2-6-25(7-3-1)32-21-26-10-11-31-34(35(26)40-32)28-8-4-5-9-30(28)39(31)33-22-27(23-12-16-36-17-13-23)20-29(38-33)24-14-18-37-19-15-24;1-2-6-24(7-3-1)31-20-25-10-11-30-32(33(25)40-31)26-8-4-5-9-29(26)39(30)34-37-27(22-12-16-35-17-13-22)21-28(38-34)23-14-18-36-19-15-23;1-2-6-23(7-3-1)30-20-25-10-11-29-32(33(25)40-30)26-8-4-5-9-28(26)39(29)31-21-27(22-12-16-35-17-13-22)37-34(38-31)24-14-18-36-19-15-24/h1-22H;2*1-21H. The summed E-state index contributed by atoms with van der Waals surface area (Å²) in [4.78, 5) is 54.6. The molecule has 120 heavy (non-hydrogen) atoms. The summed E-state index contributed by atoms with van der Waals surface area (Å²) < 4.78 is 10.6. The molecule has 0 amide bonds. The maximum atomic E-state index is 5.23. The van der Waals surface area contributed by atoms with Crippen LogP contribution in [0.2, 0.25) is 0 Å². The van der Waals surface area contributed by atoms with E-state index in [0.29, 0.717) is 11.8 Å². The number of fused-ring (bicyclic) bond motifs is 15. The van der Waals surface area contributed by atoms with E-state index in [1.165, 1.54) is 93.9 Å². The molecule has 9 aromatic carbocycles. The zero-order valence-electron chi connectivity index (χ0n) is 63.9. The van der Waals surface area contributed by atoms with Gasteiger partial charge in [0.15, 0.2) is 5.82 Å². The fourth-order valence-electron chi connectivity index (χ4n) is 16.3. The molecule has 0 atom stereocenters. The minimum absolute atomic E-state index is 0.631. The highest BCUT2D eigenvalue weighted by Crippen LogP contribution is 2.48. The van der Waals surface area contributed by atoms with Crippen molar-refractivity contribution in [2.45, 2.75) is 0 Å². The maximum absolute atomic E-state index is 5.23. The smallest absolute Gasteiger partial charge is 0.235 e. The molecule has 24 aromatic rings. The fraction of sp³-hybridized carbons (Fsp3) is 0. The zero-order valence-corrected chi connectivity index (χ0v) is 66.4. The van der Waals surface area contributed by atoms with Gasteiger partial charge in [0.1, 0.15) is 11.6 Å². The number of rotatable bonds is 12. The van der Waals surface area contributed by atoms with E-state index in [0.717, 1.165) is 106 Å². The Morgan fingerprint density at radius 3 is 0.908 bits per heavy atom. The number of thiophene rings is 3. The predicted octanol–water partition coefficient (Wildman–Crippen LogP) is 26.3. The van der Waals surface area contributed by atoms with Gasteiger partial charge >= 0.3 is 0 Å². The molecule has 0 radical (unpaired) electrons. The van der Waals surface area contributed by atoms with Crippen molar-refractivity contribution in [2.24, 2.45) is 0 Å². The van der Waals surface area contributed by atoms with Crippen LogP contribution in [0.4, 0.5) is 0 Å². The molecule has 0 fully saturated rings. The largest absolute Gasteiger partial charge is 0.294 e. The Labute approximate surface area is 699 Å². The quantitative estimate of drug-likeness (QED) is 0.115. The number of aromatic nitrogens is 14. The average molecular weight is 1590 g/mol. The molecule has 0 aliphatic carbocycles. The minimum atomic E-state index is 0.631. The fourth-order valence-corrected chi connectivity index (χ4v) is 20.0. The third kappa shape index (κ3) is 13.0. The van der Waals surface area contributed by atoms with Crippen molar-refractivity contribution in [3.8, 4) is 116 Å². The summed E-state index contributed by atoms with van der Waals surface area (Å²) in [5.74, 6) is 2.98. The summed E-state index contributed by atoms with van der Waals surface area (Å²) >= 11 is 5.53. The summed E-state index contributed by atoms with van der Waals surface area (Å²) in [5.41, 5.74) is 20.9. The van der Waals surface area contributed by atoms with Crippen molar-refractivity contribution in [1.82, 2.24) is 68.5 Å². The number of hydrogen-bond donors (Lipinski definition) is 0. The van der Waals surface area contributed by atoms with Crippen molar-refractivity contribution in [2.75, 3.05) is 0 Å². The second-order valence-electron chi connectivity index (χ2n) is 29.0. The summed E-state index contributed by atoms with van der Waals surface area (Å²) in [5, 5.41) is 11.1. The van der Waals surface area contributed by atoms with Crippen LogP contribution in [0.1, 0.15) is 0 Å². The molecule has 0 saturated heterocycles. The number of benzene rings is 9. The maximum Gasteiger partial charge on any atom is 0.235 e. The van der Waals surface area contributed by atoms with Gasteiger partial charge < -0.3 is 0 Å². The number of nitrogens with zero attached hydrogens (tertiary/aromatic N) is 14. The second kappa shape index (κ2) is 30.6.